The molecule has 0 aliphatic heterocycles. The fraction of sp³-hybridized carbons (Fsp3) is 0. The molecule has 0 unspecified atom stereocenters. The van der Waals surface area contributed by atoms with E-state index in [0.717, 1.165) is 16.5 Å². The number of anilines is 3. The van der Waals surface area contributed by atoms with Gasteiger partial charge in [-0.2, -0.15) is 0 Å². The van der Waals surface area contributed by atoms with E-state index in [-0.39, 0.29) is 10.0 Å². The van der Waals surface area contributed by atoms with Crippen molar-refractivity contribution in [3.8, 4) is 0 Å². The molecule has 0 fully saturated rings. The maximum absolute atomic E-state index is 13.4. The Labute approximate surface area is 130 Å². The van der Waals surface area contributed by atoms with Gasteiger partial charge in [-0.05, 0) is 30.3 Å². The molecule has 3 nitrogen and oxygen atoms in total. The summed E-state index contributed by atoms with van der Waals surface area (Å²) in [4.78, 5) is 4.06. The summed E-state index contributed by atoms with van der Waals surface area (Å²) in [5, 5.41) is 4.83. The molecule has 0 aliphatic rings. The highest BCUT2D eigenvalue weighted by molar-refractivity contribution is 6.35. The van der Waals surface area contributed by atoms with E-state index in [0.29, 0.717) is 11.4 Å². The third-order valence-electron chi connectivity index (χ3n) is 3.11. The topological polar surface area (TPSA) is 50.9 Å². The third-order valence-corrected chi connectivity index (χ3v) is 3.66. The standard InChI is InChI=1S/C15H10Cl2FN3/c16-11-5-8(6-12(17)15(11)18)21-14-2-1-13(19)10-7-20-4-3-9(10)14/h1-7,21H,19H2. The molecule has 21 heavy (non-hydrogen) atoms. The second kappa shape index (κ2) is 5.39. The molecule has 0 bridgehead atoms. The van der Waals surface area contributed by atoms with Crippen LogP contribution in [0.15, 0.2) is 42.7 Å². The highest BCUT2D eigenvalue weighted by Gasteiger charge is 2.09. The van der Waals surface area contributed by atoms with Crippen molar-refractivity contribution in [1.29, 1.82) is 0 Å². The van der Waals surface area contributed by atoms with Crippen LogP contribution in [0.25, 0.3) is 10.8 Å². The van der Waals surface area contributed by atoms with Crippen molar-refractivity contribution in [2.45, 2.75) is 0 Å². The number of nitrogens with one attached hydrogen (secondary N) is 1. The molecular formula is C15H10Cl2FN3. The predicted octanol–water partition coefficient (Wildman–Crippen LogP) is 5.01. The number of aromatic nitrogens is 1. The first-order chi connectivity index (χ1) is 10.1. The Morgan fingerprint density at radius 2 is 1.76 bits per heavy atom. The molecule has 3 N–H and O–H groups in total. The molecule has 106 valence electrons. The minimum absolute atomic E-state index is 0.0357. The molecule has 0 spiro atoms. The SMILES string of the molecule is Nc1ccc(Nc2cc(Cl)c(F)c(Cl)c2)c2ccncc12. The van der Waals surface area contributed by atoms with Gasteiger partial charge in [-0.25, -0.2) is 4.39 Å². The lowest BCUT2D eigenvalue weighted by Gasteiger charge is -2.12. The van der Waals surface area contributed by atoms with Crippen molar-refractivity contribution in [2.75, 3.05) is 11.1 Å². The van der Waals surface area contributed by atoms with E-state index in [1.54, 1.807) is 18.5 Å². The average molecular weight is 322 g/mol. The quantitative estimate of drug-likeness (QED) is 0.515. The highest BCUT2D eigenvalue weighted by Crippen LogP contribution is 2.33. The van der Waals surface area contributed by atoms with Crippen molar-refractivity contribution in [1.82, 2.24) is 4.98 Å². The summed E-state index contributed by atoms with van der Waals surface area (Å²) < 4.78 is 13.4. The molecule has 2 aromatic carbocycles. The van der Waals surface area contributed by atoms with E-state index < -0.39 is 5.82 Å². The van der Waals surface area contributed by atoms with E-state index in [1.807, 2.05) is 12.1 Å². The number of rotatable bonds is 2. The Kier molecular flexibility index (Phi) is 3.57. The smallest absolute Gasteiger partial charge is 0.160 e. The van der Waals surface area contributed by atoms with Crippen LogP contribution in [0.4, 0.5) is 21.5 Å². The maximum Gasteiger partial charge on any atom is 0.160 e. The Morgan fingerprint density at radius 3 is 2.48 bits per heavy atom. The molecule has 3 rings (SSSR count). The second-order valence-electron chi connectivity index (χ2n) is 4.50. The van der Waals surface area contributed by atoms with Gasteiger partial charge in [0.15, 0.2) is 5.82 Å². The third kappa shape index (κ3) is 2.60. The van der Waals surface area contributed by atoms with E-state index in [2.05, 4.69) is 10.3 Å². The zero-order valence-electron chi connectivity index (χ0n) is 10.7. The molecular weight excluding hydrogens is 312 g/mol. The number of benzene rings is 2. The second-order valence-corrected chi connectivity index (χ2v) is 5.32. The fourth-order valence-electron chi connectivity index (χ4n) is 2.10. The van der Waals surface area contributed by atoms with Gasteiger partial charge >= 0.3 is 0 Å². The summed E-state index contributed by atoms with van der Waals surface area (Å²) in [6.45, 7) is 0. The molecule has 0 saturated carbocycles. The number of halogens is 3. The van der Waals surface area contributed by atoms with Crippen molar-refractivity contribution in [3.63, 3.8) is 0 Å². The number of fused-ring (bicyclic) bond motifs is 1. The Hall–Kier alpha value is -2.04. The largest absolute Gasteiger partial charge is 0.398 e. The van der Waals surface area contributed by atoms with Crippen LogP contribution in [0.1, 0.15) is 0 Å². The minimum atomic E-state index is -0.629. The lowest BCUT2D eigenvalue weighted by atomic mass is 10.1. The van der Waals surface area contributed by atoms with Gasteiger partial charge in [0.05, 0.1) is 10.0 Å². The van der Waals surface area contributed by atoms with E-state index >= 15 is 0 Å². The van der Waals surface area contributed by atoms with Gasteiger partial charge in [0.1, 0.15) is 0 Å². The van der Waals surface area contributed by atoms with Gasteiger partial charge in [-0.15, -0.1) is 0 Å². The molecule has 0 saturated heterocycles. The zero-order valence-corrected chi connectivity index (χ0v) is 12.2. The number of pyridine rings is 1. The van der Waals surface area contributed by atoms with Crippen LogP contribution >= 0.6 is 23.2 Å². The van der Waals surface area contributed by atoms with E-state index in [4.69, 9.17) is 28.9 Å². The predicted molar refractivity (Wildman–Crippen MR) is 85.9 cm³/mol. The number of hydrogen-bond donors (Lipinski definition) is 2. The van der Waals surface area contributed by atoms with Crippen molar-refractivity contribution >= 4 is 51.0 Å². The summed E-state index contributed by atoms with van der Waals surface area (Å²) in [5.41, 5.74) is 7.96. The normalized spacial score (nSPS) is 10.8. The molecule has 1 aromatic heterocycles. The van der Waals surface area contributed by atoms with Gasteiger partial charge in [-0.3, -0.25) is 4.98 Å². The monoisotopic (exact) mass is 321 g/mol. The molecule has 0 atom stereocenters. The Balaban J connectivity index is 2.09. The Bertz CT molecular complexity index is 813. The summed E-state index contributed by atoms with van der Waals surface area (Å²) in [5.74, 6) is -0.629. The molecule has 1 heterocycles. The summed E-state index contributed by atoms with van der Waals surface area (Å²) in [6, 6.07) is 8.42. The van der Waals surface area contributed by atoms with Crippen LogP contribution < -0.4 is 11.1 Å². The molecule has 6 heteroatoms. The van der Waals surface area contributed by atoms with Crippen molar-refractivity contribution in [3.05, 3.63) is 58.6 Å². The summed E-state index contributed by atoms with van der Waals surface area (Å²) >= 11 is 11.6. The number of nitrogens with zero attached hydrogens (tertiary/aromatic N) is 1. The Morgan fingerprint density at radius 1 is 1.05 bits per heavy atom. The van der Waals surface area contributed by atoms with Crippen molar-refractivity contribution in [2.24, 2.45) is 0 Å². The van der Waals surface area contributed by atoms with E-state index in [1.165, 1.54) is 12.1 Å². The van der Waals surface area contributed by atoms with Crippen LogP contribution in [0, 0.1) is 5.82 Å². The van der Waals surface area contributed by atoms with Gasteiger partial charge in [0.2, 0.25) is 0 Å². The highest BCUT2D eigenvalue weighted by atomic mass is 35.5. The molecule has 0 amide bonds. The first-order valence-corrected chi connectivity index (χ1v) is 6.85. The molecule has 0 radical (unpaired) electrons. The lowest BCUT2D eigenvalue weighted by molar-refractivity contribution is 0.629. The molecule has 3 aromatic rings. The van der Waals surface area contributed by atoms with Crippen LogP contribution in [0.5, 0.6) is 0 Å². The first-order valence-electron chi connectivity index (χ1n) is 6.10. The van der Waals surface area contributed by atoms with Crippen LogP contribution in [0.2, 0.25) is 10.0 Å². The summed E-state index contributed by atoms with van der Waals surface area (Å²) in [7, 11) is 0. The number of hydrogen-bond acceptors (Lipinski definition) is 3. The van der Waals surface area contributed by atoms with E-state index in [9.17, 15) is 4.39 Å². The van der Waals surface area contributed by atoms with Gasteiger partial charge < -0.3 is 11.1 Å². The van der Waals surface area contributed by atoms with Crippen LogP contribution in [0.3, 0.4) is 0 Å². The zero-order chi connectivity index (χ0) is 15.0. The minimum Gasteiger partial charge on any atom is -0.398 e. The fourth-order valence-corrected chi connectivity index (χ4v) is 2.59. The lowest BCUT2D eigenvalue weighted by Crippen LogP contribution is -1.95. The van der Waals surface area contributed by atoms with Gasteiger partial charge in [-0.1, -0.05) is 23.2 Å². The maximum atomic E-state index is 13.4. The number of nitrogen functional groups attached to an aromatic ring is 1. The van der Waals surface area contributed by atoms with Gasteiger partial charge in [0, 0.05) is 40.2 Å². The first kappa shape index (κ1) is 13.9. The van der Waals surface area contributed by atoms with Crippen LogP contribution in [-0.2, 0) is 0 Å². The number of nitrogens with two attached hydrogens (primary N) is 1. The van der Waals surface area contributed by atoms with Crippen molar-refractivity contribution < 1.29 is 4.39 Å². The molecule has 0 aliphatic carbocycles. The average Bonchev–Trinajstić information content (AvgIpc) is 2.48. The van der Waals surface area contributed by atoms with Crippen LogP contribution in [-0.4, -0.2) is 4.98 Å². The van der Waals surface area contributed by atoms with Gasteiger partial charge in [0.25, 0.3) is 0 Å². The summed E-state index contributed by atoms with van der Waals surface area (Å²) in [6.07, 6.45) is 3.37.